The Kier molecular flexibility index (Phi) is 6.06. The van der Waals surface area contributed by atoms with Gasteiger partial charge in [0.25, 0.3) is 0 Å². The predicted octanol–water partition coefficient (Wildman–Crippen LogP) is -0.0343. The molecule has 0 atom stereocenters. The lowest BCUT2D eigenvalue weighted by Gasteiger charge is -2.13. The maximum Gasteiger partial charge on any atom is 0.225 e. The van der Waals surface area contributed by atoms with Crippen molar-refractivity contribution in [3.8, 4) is 0 Å². The van der Waals surface area contributed by atoms with Crippen LogP contribution in [0.15, 0.2) is 0 Å². The van der Waals surface area contributed by atoms with Crippen LogP contribution in [0, 0.1) is 0 Å². The minimum atomic E-state index is -0.0106. The van der Waals surface area contributed by atoms with Gasteiger partial charge < -0.3 is 31.1 Å². The second-order valence-corrected chi connectivity index (χ2v) is 4.56. The van der Waals surface area contributed by atoms with Crippen LogP contribution in [0.25, 0.3) is 11.0 Å². The van der Waals surface area contributed by atoms with E-state index < -0.39 is 0 Å². The molecule has 0 aliphatic rings. The Morgan fingerprint density at radius 1 is 0.870 bits per heavy atom. The first kappa shape index (κ1) is 16.9. The Morgan fingerprint density at radius 2 is 1.39 bits per heavy atom. The van der Waals surface area contributed by atoms with E-state index in [1.165, 1.54) is 0 Å². The predicted molar refractivity (Wildman–Crippen MR) is 90.2 cm³/mol. The fourth-order valence-electron chi connectivity index (χ4n) is 1.93. The summed E-state index contributed by atoms with van der Waals surface area (Å²) in [6.45, 7) is 1.48. The summed E-state index contributed by atoms with van der Waals surface area (Å²) in [6, 6.07) is 0. The molecule has 0 amide bonds. The molecule has 0 aliphatic carbocycles. The van der Waals surface area contributed by atoms with E-state index in [1.807, 2.05) is 0 Å². The summed E-state index contributed by atoms with van der Waals surface area (Å²) in [5.41, 5.74) is 1.15. The topological polar surface area (TPSA) is 129 Å². The Labute approximate surface area is 134 Å². The number of anilines is 4. The van der Waals surface area contributed by atoms with Crippen LogP contribution in [-0.4, -0.2) is 72.6 Å². The first-order chi connectivity index (χ1) is 11.2. The zero-order valence-corrected chi connectivity index (χ0v) is 13.5. The second kappa shape index (κ2) is 8.25. The highest BCUT2D eigenvalue weighted by atomic mass is 16.5. The molecule has 0 fully saturated rings. The molecule has 10 heteroatoms. The van der Waals surface area contributed by atoms with E-state index in [9.17, 15) is 0 Å². The molecule has 0 aromatic carbocycles. The van der Waals surface area contributed by atoms with Gasteiger partial charge in [-0.3, -0.25) is 0 Å². The van der Waals surface area contributed by atoms with Crippen LogP contribution >= 0.6 is 0 Å². The molecular weight excluding hydrogens is 300 g/mol. The van der Waals surface area contributed by atoms with Crippen LogP contribution in [-0.2, 0) is 4.74 Å². The SMILES string of the molecule is CNc1nc(NCCOC)c2nc(NC)nc(NCCO)c2n1. The van der Waals surface area contributed by atoms with Gasteiger partial charge in [-0.1, -0.05) is 0 Å². The third kappa shape index (κ3) is 4.05. The molecule has 2 heterocycles. The number of ether oxygens (including phenoxy) is 1. The highest BCUT2D eigenvalue weighted by Gasteiger charge is 2.15. The summed E-state index contributed by atoms with van der Waals surface area (Å²) >= 11 is 0. The van der Waals surface area contributed by atoms with Crippen molar-refractivity contribution in [1.82, 2.24) is 19.9 Å². The van der Waals surface area contributed by atoms with E-state index in [1.54, 1.807) is 21.2 Å². The number of hydrogen-bond donors (Lipinski definition) is 5. The zero-order chi connectivity index (χ0) is 16.7. The van der Waals surface area contributed by atoms with E-state index in [2.05, 4.69) is 41.2 Å². The van der Waals surface area contributed by atoms with Gasteiger partial charge in [0.1, 0.15) is 11.0 Å². The molecule has 0 saturated carbocycles. The molecule has 2 aromatic rings. The van der Waals surface area contributed by atoms with E-state index in [4.69, 9.17) is 9.84 Å². The Bertz CT molecular complexity index is 651. The van der Waals surface area contributed by atoms with Gasteiger partial charge in [0.15, 0.2) is 11.6 Å². The molecule has 0 unspecified atom stereocenters. The van der Waals surface area contributed by atoms with E-state index in [0.29, 0.717) is 54.3 Å². The molecule has 5 N–H and O–H groups in total. The molecular formula is C13H22N8O2. The highest BCUT2D eigenvalue weighted by Crippen LogP contribution is 2.26. The summed E-state index contributed by atoms with van der Waals surface area (Å²) in [5.74, 6) is 2.00. The lowest BCUT2D eigenvalue weighted by Crippen LogP contribution is -2.14. The van der Waals surface area contributed by atoms with Gasteiger partial charge in [0, 0.05) is 34.3 Å². The van der Waals surface area contributed by atoms with Crippen molar-refractivity contribution in [1.29, 1.82) is 0 Å². The van der Waals surface area contributed by atoms with E-state index in [0.717, 1.165) is 0 Å². The van der Waals surface area contributed by atoms with Crippen molar-refractivity contribution in [2.45, 2.75) is 0 Å². The van der Waals surface area contributed by atoms with Crippen LogP contribution in [0.3, 0.4) is 0 Å². The summed E-state index contributed by atoms with van der Waals surface area (Å²) in [4.78, 5) is 17.6. The highest BCUT2D eigenvalue weighted by molar-refractivity contribution is 5.94. The van der Waals surface area contributed by atoms with Crippen molar-refractivity contribution >= 4 is 34.6 Å². The number of fused-ring (bicyclic) bond motifs is 1. The van der Waals surface area contributed by atoms with Crippen molar-refractivity contribution in [2.75, 3.05) is 68.8 Å². The number of hydrogen-bond acceptors (Lipinski definition) is 10. The Balaban J connectivity index is 2.53. The molecule has 23 heavy (non-hydrogen) atoms. The molecule has 0 radical (unpaired) electrons. The summed E-state index contributed by atoms with van der Waals surface area (Å²) in [5, 5.41) is 21.1. The number of nitrogens with zero attached hydrogens (tertiary/aromatic N) is 4. The Hall–Kier alpha value is -2.46. The van der Waals surface area contributed by atoms with Crippen LogP contribution in [0.4, 0.5) is 23.5 Å². The van der Waals surface area contributed by atoms with Crippen LogP contribution in [0.2, 0.25) is 0 Å². The number of aliphatic hydroxyl groups excluding tert-OH is 1. The maximum absolute atomic E-state index is 9.03. The third-order valence-electron chi connectivity index (χ3n) is 2.99. The largest absolute Gasteiger partial charge is 0.395 e. The fourth-order valence-corrected chi connectivity index (χ4v) is 1.93. The van der Waals surface area contributed by atoms with Crippen LogP contribution < -0.4 is 21.3 Å². The standard InChI is InChI=1S/C13H22N8O2/c1-14-12-19-9-8(10(20-12)16-4-6-22)18-13(15-2)21-11(9)17-5-7-23-3/h22H,4-7H2,1-3H3,(H2,14,16,19,20)(H2,15,17,18,21). The average Bonchev–Trinajstić information content (AvgIpc) is 2.59. The summed E-state index contributed by atoms with van der Waals surface area (Å²) in [6.07, 6.45) is 0. The van der Waals surface area contributed by atoms with E-state index >= 15 is 0 Å². The summed E-state index contributed by atoms with van der Waals surface area (Å²) < 4.78 is 5.05. The third-order valence-corrected chi connectivity index (χ3v) is 2.99. The molecule has 0 spiro atoms. The minimum Gasteiger partial charge on any atom is -0.395 e. The van der Waals surface area contributed by atoms with Gasteiger partial charge in [0.2, 0.25) is 11.9 Å². The maximum atomic E-state index is 9.03. The Morgan fingerprint density at radius 3 is 1.83 bits per heavy atom. The normalized spacial score (nSPS) is 10.6. The lowest BCUT2D eigenvalue weighted by molar-refractivity contribution is 0.210. The fraction of sp³-hybridized carbons (Fsp3) is 0.538. The first-order valence-electron chi connectivity index (χ1n) is 7.26. The molecule has 0 bridgehead atoms. The van der Waals surface area contributed by atoms with E-state index in [-0.39, 0.29) is 6.61 Å². The van der Waals surface area contributed by atoms with Crippen molar-refractivity contribution in [2.24, 2.45) is 0 Å². The molecule has 2 rings (SSSR count). The van der Waals surface area contributed by atoms with Gasteiger partial charge >= 0.3 is 0 Å². The second-order valence-electron chi connectivity index (χ2n) is 4.56. The number of rotatable bonds is 9. The van der Waals surface area contributed by atoms with Gasteiger partial charge in [-0.25, -0.2) is 9.97 Å². The smallest absolute Gasteiger partial charge is 0.225 e. The minimum absolute atomic E-state index is 0.0106. The number of aliphatic hydroxyl groups is 1. The van der Waals surface area contributed by atoms with Crippen molar-refractivity contribution < 1.29 is 9.84 Å². The van der Waals surface area contributed by atoms with Crippen LogP contribution in [0.5, 0.6) is 0 Å². The van der Waals surface area contributed by atoms with Crippen LogP contribution in [0.1, 0.15) is 0 Å². The first-order valence-corrected chi connectivity index (χ1v) is 7.26. The number of methoxy groups -OCH3 is 1. The van der Waals surface area contributed by atoms with Crippen molar-refractivity contribution in [3.63, 3.8) is 0 Å². The van der Waals surface area contributed by atoms with Gasteiger partial charge in [-0.2, -0.15) is 9.97 Å². The van der Waals surface area contributed by atoms with Crippen molar-refractivity contribution in [3.05, 3.63) is 0 Å². The molecule has 10 nitrogen and oxygen atoms in total. The van der Waals surface area contributed by atoms with Gasteiger partial charge in [-0.15, -0.1) is 0 Å². The molecule has 126 valence electrons. The number of aromatic nitrogens is 4. The summed E-state index contributed by atoms with van der Waals surface area (Å²) in [7, 11) is 5.11. The average molecular weight is 322 g/mol. The number of nitrogens with one attached hydrogen (secondary N) is 4. The van der Waals surface area contributed by atoms with Gasteiger partial charge in [0.05, 0.1) is 13.2 Å². The molecule has 2 aromatic heterocycles. The lowest BCUT2D eigenvalue weighted by atomic mass is 10.3. The molecule has 0 aliphatic heterocycles. The zero-order valence-electron chi connectivity index (χ0n) is 13.5. The van der Waals surface area contributed by atoms with Gasteiger partial charge in [-0.05, 0) is 0 Å². The monoisotopic (exact) mass is 322 g/mol. The quantitative estimate of drug-likeness (QED) is 0.401. The molecule has 0 saturated heterocycles.